The molecule has 1 N–H and O–H groups in total. The van der Waals surface area contributed by atoms with Gasteiger partial charge in [0, 0.05) is 6.42 Å². The van der Waals surface area contributed by atoms with E-state index < -0.39 is 0 Å². The summed E-state index contributed by atoms with van der Waals surface area (Å²) >= 11 is 0. The van der Waals surface area contributed by atoms with Crippen LogP contribution in [0.2, 0.25) is 0 Å². The number of hydrogen-bond donors (Lipinski definition) is 1. The molecule has 0 spiro atoms. The zero-order chi connectivity index (χ0) is 14.8. The van der Waals surface area contributed by atoms with Crippen LogP contribution < -0.4 is 31.8 Å². The highest BCUT2D eigenvalue weighted by Crippen LogP contribution is 2.19. The third kappa shape index (κ3) is 2.64. The minimum absolute atomic E-state index is 0. The van der Waals surface area contributed by atoms with E-state index in [-0.39, 0.29) is 22.5 Å². The fraction of sp³-hybridized carbons (Fsp3) is 0.176. The van der Waals surface area contributed by atoms with E-state index in [0.29, 0.717) is 5.39 Å². The predicted octanol–water partition coefficient (Wildman–Crippen LogP) is -0.620. The lowest BCUT2D eigenvalue weighted by atomic mass is 10.2. The molecule has 0 fully saturated rings. The van der Waals surface area contributed by atoms with Gasteiger partial charge in [-0.15, -0.1) is 0 Å². The zero-order valence-corrected chi connectivity index (χ0v) is 14.1. The maximum Gasteiger partial charge on any atom is 0.343 e. The Labute approximate surface area is 139 Å². The van der Waals surface area contributed by atoms with Gasteiger partial charge in [-0.3, -0.25) is 0 Å². The number of nitrogens with one attached hydrogen (secondary N) is 1. The van der Waals surface area contributed by atoms with Crippen LogP contribution in [0.4, 0.5) is 0 Å². The van der Waals surface area contributed by atoms with Crippen LogP contribution in [-0.4, -0.2) is 12.1 Å². The van der Waals surface area contributed by atoms with Crippen molar-refractivity contribution in [2.75, 3.05) is 7.11 Å². The number of benzene rings is 2. The summed E-state index contributed by atoms with van der Waals surface area (Å²) in [4.78, 5) is 15.2. The molecule has 5 heteroatoms. The van der Waals surface area contributed by atoms with Crippen LogP contribution in [0.3, 0.4) is 0 Å². The topological polar surface area (TPSA) is 46.0 Å². The van der Waals surface area contributed by atoms with E-state index in [1.807, 2.05) is 55.5 Å². The van der Waals surface area contributed by atoms with Crippen molar-refractivity contribution in [1.29, 1.82) is 0 Å². The van der Waals surface area contributed by atoms with Crippen LogP contribution in [0.25, 0.3) is 16.6 Å². The zero-order valence-electron chi connectivity index (χ0n) is 12.5. The van der Waals surface area contributed by atoms with Gasteiger partial charge in [-0.25, -0.2) is 9.78 Å². The number of fused-ring (bicyclic) bond motifs is 1. The molecule has 4 nitrogen and oxygen atoms in total. The van der Waals surface area contributed by atoms with Gasteiger partial charge in [0.05, 0.1) is 7.11 Å². The number of aromatic nitrogens is 2. The van der Waals surface area contributed by atoms with Crippen molar-refractivity contribution >= 4 is 10.9 Å². The molecule has 0 aliphatic rings. The molecule has 0 amide bonds. The van der Waals surface area contributed by atoms with Crippen LogP contribution in [0.5, 0.6) is 5.75 Å². The van der Waals surface area contributed by atoms with Crippen molar-refractivity contribution in [3.8, 4) is 11.4 Å². The second-order valence-corrected chi connectivity index (χ2v) is 4.78. The minimum atomic E-state index is -0.0615. The molecule has 22 heavy (non-hydrogen) atoms. The highest BCUT2D eigenvalue weighted by molar-refractivity contribution is 5.75. The first-order valence-corrected chi connectivity index (χ1v) is 6.95. The number of rotatable bonds is 3. The van der Waals surface area contributed by atoms with Crippen molar-refractivity contribution < 1.29 is 26.3 Å². The number of aryl methyl sites for hydroxylation is 1. The molecular weight excluding hydrogens is 344 g/mol. The van der Waals surface area contributed by atoms with E-state index in [0.717, 1.165) is 29.2 Å². The van der Waals surface area contributed by atoms with Gasteiger partial charge >= 0.3 is 5.56 Å². The molecular formula is C17H17BrN2O2. The highest BCUT2D eigenvalue weighted by Gasteiger charge is 2.20. The number of hydrogen-bond acceptors (Lipinski definition) is 2. The Morgan fingerprint density at radius 1 is 1.09 bits per heavy atom. The average molecular weight is 361 g/mol. The fourth-order valence-corrected chi connectivity index (χ4v) is 2.60. The van der Waals surface area contributed by atoms with Crippen LogP contribution in [-0.2, 0) is 6.42 Å². The van der Waals surface area contributed by atoms with Crippen molar-refractivity contribution in [2.45, 2.75) is 13.3 Å². The Hall–Kier alpha value is -2.14. The largest absolute Gasteiger partial charge is 1.00 e. The number of H-pyrrole nitrogens is 1. The lowest BCUT2D eigenvalue weighted by Crippen LogP contribution is -3.00. The monoisotopic (exact) mass is 360 g/mol. The first kappa shape index (κ1) is 16.2. The van der Waals surface area contributed by atoms with Gasteiger partial charge in [0.25, 0.3) is 5.82 Å². The summed E-state index contributed by atoms with van der Waals surface area (Å²) in [6.45, 7) is 2.02. The molecule has 0 bridgehead atoms. The van der Waals surface area contributed by atoms with Crippen LogP contribution in [0.15, 0.2) is 53.3 Å². The maximum absolute atomic E-state index is 12.2. The number of ether oxygens (including phenoxy) is 1. The summed E-state index contributed by atoms with van der Waals surface area (Å²) in [5.41, 5.74) is 1.74. The predicted molar refractivity (Wildman–Crippen MR) is 82.0 cm³/mol. The molecule has 0 aliphatic heterocycles. The molecule has 1 aromatic heterocycles. The van der Waals surface area contributed by atoms with E-state index in [9.17, 15) is 4.79 Å². The summed E-state index contributed by atoms with van der Waals surface area (Å²) in [5, 5.41) is 0.667. The normalized spacial score (nSPS) is 10.3. The SMILES string of the molecule is CCc1[nH]c(=O)c2ccccc2[n+]1-c1ccccc1OC.[Br-]. The smallest absolute Gasteiger partial charge is 0.343 e. The third-order valence-electron chi connectivity index (χ3n) is 3.58. The van der Waals surface area contributed by atoms with Gasteiger partial charge in [0.2, 0.25) is 0 Å². The minimum Gasteiger partial charge on any atom is -1.00 e. The Morgan fingerprint density at radius 2 is 1.77 bits per heavy atom. The standard InChI is InChI=1S/C17H16N2O2.BrH/c1-3-16-18-17(20)12-8-4-5-9-13(12)19(16)14-10-6-7-11-15(14)21-2;/h4-11H,3H2,1-2H3;1H. The van der Waals surface area contributed by atoms with E-state index in [1.54, 1.807) is 7.11 Å². The number of aromatic amines is 1. The molecule has 0 atom stereocenters. The quantitative estimate of drug-likeness (QED) is 0.633. The van der Waals surface area contributed by atoms with E-state index in [1.165, 1.54) is 0 Å². The first-order valence-electron chi connectivity index (χ1n) is 6.95. The van der Waals surface area contributed by atoms with Gasteiger partial charge in [0.1, 0.15) is 10.9 Å². The molecule has 0 saturated carbocycles. The fourth-order valence-electron chi connectivity index (χ4n) is 2.60. The summed E-state index contributed by atoms with van der Waals surface area (Å²) in [5.74, 6) is 1.62. The van der Waals surface area contributed by atoms with Crippen molar-refractivity contribution in [1.82, 2.24) is 4.98 Å². The third-order valence-corrected chi connectivity index (χ3v) is 3.58. The van der Waals surface area contributed by atoms with Gasteiger partial charge in [0.15, 0.2) is 11.4 Å². The summed E-state index contributed by atoms with van der Waals surface area (Å²) in [6, 6.07) is 15.4. The Kier molecular flexibility index (Phi) is 4.98. The van der Waals surface area contributed by atoms with Crippen molar-refractivity contribution in [3.05, 3.63) is 64.7 Å². The summed E-state index contributed by atoms with van der Waals surface area (Å²) < 4.78 is 7.52. The lowest BCUT2D eigenvalue weighted by Gasteiger charge is -2.11. The number of methoxy groups -OCH3 is 1. The van der Waals surface area contributed by atoms with E-state index in [2.05, 4.69) is 9.55 Å². The second-order valence-electron chi connectivity index (χ2n) is 4.78. The first-order chi connectivity index (χ1) is 10.3. The number of halogens is 1. The van der Waals surface area contributed by atoms with Crippen LogP contribution >= 0.6 is 0 Å². The Bertz CT molecular complexity index is 859. The molecule has 2 aromatic carbocycles. The van der Waals surface area contributed by atoms with Crippen molar-refractivity contribution in [2.24, 2.45) is 0 Å². The highest BCUT2D eigenvalue weighted by atomic mass is 79.9. The van der Waals surface area contributed by atoms with Gasteiger partial charge < -0.3 is 21.7 Å². The molecule has 1 heterocycles. The molecule has 114 valence electrons. The Morgan fingerprint density at radius 3 is 2.50 bits per heavy atom. The molecule has 3 aromatic rings. The second kappa shape index (κ2) is 6.75. The van der Waals surface area contributed by atoms with Crippen LogP contribution in [0, 0.1) is 0 Å². The molecule has 0 radical (unpaired) electrons. The maximum atomic E-state index is 12.2. The molecule has 0 unspecified atom stereocenters. The van der Waals surface area contributed by atoms with E-state index in [4.69, 9.17) is 4.74 Å². The van der Waals surface area contributed by atoms with E-state index >= 15 is 0 Å². The van der Waals surface area contributed by atoms with Gasteiger partial charge in [-0.2, -0.15) is 4.57 Å². The molecule has 0 aliphatic carbocycles. The number of nitrogens with zero attached hydrogens (tertiary/aromatic N) is 1. The van der Waals surface area contributed by atoms with Crippen molar-refractivity contribution in [3.63, 3.8) is 0 Å². The van der Waals surface area contributed by atoms with Gasteiger partial charge in [-0.1, -0.05) is 31.2 Å². The van der Waals surface area contributed by atoms with Crippen LogP contribution in [0.1, 0.15) is 12.7 Å². The lowest BCUT2D eigenvalue weighted by molar-refractivity contribution is -0.580. The Balaban J connectivity index is 0.00000176. The number of para-hydroxylation sites is 3. The molecule has 0 saturated heterocycles. The summed E-state index contributed by atoms with van der Waals surface area (Å²) in [7, 11) is 1.65. The average Bonchev–Trinajstić information content (AvgIpc) is 2.55. The molecule has 3 rings (SSSR count). The van der Waals surface area contributed by atoms with Gasteiger partial charge in [-0.05, 0) is 24.3 Å². The summed E-state index contributed by atoms with van der Waals surface area (Å²) in [6.07, 6.45) is 0.720.